The number of aliphatic hydroxyl groups is 1. The first kappa shape index (κ1) is 14.9. The van der Waals surface area contributed by atoms with Gasteiger partial charge < -0.3 is 15.6 Å². The summed E-state index contributed by atoms with van der Waals surface area (Å²) >= 11 is 0. The van der Waals surface area contributed by atoms with Gasteiger partial charge in [-0.05, 0) is 53.0 Å². The van der Waals surface area contributed by atoms with Gasteiger partial charge in [-0.15, -0.1) is 0 Å². The van der Waals surface area contributed by atoms with Crippen LogP contribution < -0.4 is 5.73 Å². The Morgan fingerprint density at radius 1 is 1.27 bits per heavy atom. The Balaban J connectivity index is 3.96. The maximum Gasteiger partial charge on any atom is 0.0824 e. The van der Waals surface area contributed by atoms with Gasteiger partial charge >= 0.3 is 0 Å². The van der Waals surface area contributed by atoms with Crippen LogP contribution in [0.25, 0.3) is 0 Å². The van der Waals surface area contributed by atoms with Crippen LogP contribution in [0.15, 0.2) is 0 Å². The Bertz CT molecular complexity index is 173. The van der Waals surface area contributed by atoms with E-state index in [0.29, 0.717) is 12.5 Å². The zero-order valence-electron chi connectivity index (χ0n) is 10.8. The number of hydrogen-bond donors (Lipinski definition) is 2. The summed E-state index contributed by atoms with van der Waals surface area (Å²) in [6.45, 7) is 10.9. The Labute approximate surface area is 94.0 Å². The van der Waals surface area contributed by atoms with Gasteiger partial charge in [0, 0.05) is 0 Å². The fourth-order valence-corrected chi connectivity index (χ4v) is 1.66. The van der Waals surface area contributed by atoms with Crippen LogP contribution in [0.2, 0.25) is 0 Å². The molecular weight excluding hydrogens is 190 g/mol. The van der Waals surface area contributed by atoms with Crippen molar-refractivity contribution in [1.82, 2.24) is 0 Å². The van der Waals surface area contributed by atoms with Crippen molar-refractivity contribution in [2.24, 2.45) is 11.7 Å². The summed E-state index contributed by atoms with van der Waals surface area (Å²) in [6, 6.07) is 0. The first-order valence-electron chi connectivity index (χ1n) is 5.73. The molecule has 0 amide bonds. The lowest BCUT2D eigenvalue weighted by molar-refractivity contribution is -0.0988. The van der Waals surface area contributed by atoms with Crippen molar-refractivity contribution in [3.63, 3.8) is 0 Å². The molecule has 0 aliphatic rings. The molecule has 0 aromatic carbocycles. The average molecular weight is 217 g/mol. The molecule has 0 fully saturated rings. The highest BCUT2D eigenvalue weighted by molar-refractivity contribution is 4.75. The van der Waals surface area contributed by atoms with Crippen LogP contribution in [0.3, 0.4) is 0 Å². The van der Waals surface area contributed by atoms with E-state index in [9.17, 15) is 5.11 Å². The van der Waals surface area contributed by atoms with Gasteiger partial charge in [0.05, 0.1) is 17.8 Å². The first-order valence-corrected chi connectivity index (χ1v) is 5.73. The van der Waals surface area contributed by atoms with Crippen LogP contribution in [0.4, 0.5) is 0 Å². The lowest BCUT2D eigenvalue weighted by Gasteiger charge is -2.31. The molecule has 0 aliphatic carbocycles. The highest BCUT2D eigenvalue weighted by atomic mass is 16.5. The SMILES string of the molecule is CC(CCN)CC(C)(C)OCC(C)(C)O. The van der Waals surface area contributed by atoms with E-state index < -0.39 is 5.60 Å². The molecule has 0 spiro atoms. The van der Waals surface area contributed by atoms with Crippen LogP contribution >= 0.6 is 0 Å². The van der Waals surface area contributed by atoms with Crippen molar-refractivity contribution in [2.75, 3.05) is 13.2 Å². The molecule has 3 N–H and O–H groups in total. The molecule has 0 heterocycles. The second-order valence-electron chi connectivity index (χ2n) is 5.75. The quantitative estimate of drug-likeness (QED) is 0.685. The Morgan fingerprint density at radius 2 is 1.80 bits per heavy atom. The van der Waals surface area contributed by atoms with E-state index in [2.05, 4.69) is 20.8 Å². The maximum atomic E-state index is 9.57. The summed E-state index contributed by atoms with van der Waals surface area (Å²) in [5, 5.41) is 9.57. The predicted octanol–water partition coefficient (Wildman–Crippen LogP) is 1.93. The van der Waals surface area contributed by atoms with Crippen LogP contribution in [0, 0.1) is 5.92 Å². The molecule has 3 heteroatoms. The number of nitrogens with two attached hydrogens (primary N) is 1. The standard InChI is InChI=1S/C12H27NO2/c1-10(6-7-13)8-12(4,5)15-9-11(2,3)14/h10,14H,6-9,13H2,1-5H3. The van der Waals surface area contributed by atoms with Crippen LogP contribution in [-0.4, -0.2) is 29.5 Å². The smallest absolute Gasteiger partial charge is 0.0824 e. The fourth-order valence-electron chi connectivity index (χ4n) is 1.66. The average Bonchev–Trinajstić information content (AvgIpc) is 1.99. The Morgan fingerprint density at radius 3 is 2.20 bits per heavy atom. The van der Waals surface area contributed by atoms with Gasteiger partial charge in [0.25, 0.3) is 0 Å². The topological polar surface area (TPSA) is 55.5 Å². The maximum absolute atomic E-state index is 9.57. The number of ether oxygens (including phenoxy) is 1. The van der Waals surface area contributed by atoms with Crippen LogP contribution in [-0.2, 0) is 4.74 Å². The van der Waals surface area contributed by atoms with Crippen molar-refractivity contribution in [3.05, 3.63) is 0 Å². The highest BCUT2D eigenvalue weighted by Crippen LogP contribution is 2.23. The van der Waals surface area contributed by atoms with Gasteiger partial charge in [-0.25, -0.2) is 0 Å². The second kappa shape index (κ2) is 5.83. The molecule has 0 bridgehead atoms. The molecule has 92 valence electrons. The summed E-state index contributed by atoms with van der Waals surface area (Å²) in [5.41, 5.74) is 4.57. The van der Waals surface area contributed by atoms with E-state index in [0.717, 1.165) is 19.4 Å². The van der Waals surface area contributed by atoms with E-state index >= 15 is 0 Å². The van der Waals surface area contributed by atoms with Crippen molar-refractivity contribution >= 4 is 0 Å². The third kappa shape index (κ3) is 8.85. The van der Waals surface area contributed by atoms with E-state index in [4.69, 9.17) is 10.5 Å². The van der Waals surface area contributed by atoms with Gasteiger partial charge in [-0.2, -0.15) is 0 Å². The zero-order chi connectivity index (χ0) is 12.1. The number of rotatable bonds is 7. The predicted molar refractivity (Wildman–Crippen MR) is 63.8 cm³/mol. The lowest BCUT2D eigenvalue weighted by atomic mass is 9.92. The molecule has 1 unspecified atom stereocenters. The van der Waals surface area contributed by atoms with Crippen molar-refractivity contribution < 1.29 is 9.84 Å². The van der Waals surface area contributed by atoms with Gasteiger partial charge in [0.2, 0.25) is 0 Å². The zero-order valence-corrected chi connectivity index (χ0v) is 10.8. The summed E-state index contributed by atoms with van der Waals surface area (Å²) < 4.78 is 5.72. The minimum Gasteiger partial charge on any atom is -0.388 e. The first-order chi connectivity index (χ1) is 6.66. The summed E-state index contributed by atoms with van der Waals surface area (Å²) in [4.78, 5) is 0. The van der Waals surface area contributed by atoms with E-state index in [1.54, 1.807) is 13.8 Å². The summed E-state index contributed by atoms with van der Waals surface area (Å²) in [7, 11) is 0. The van der Waals surface area contributed by atoms with Crippen LogP contribution in [0.1, 0.15) is 47.5 Å². The third-order valence-corrected chi connectivity index (χ3v) is 2.32. The van der Waals surface area contributed by atoms with E-state index in [-0.39, 0.29) is 5.60 Å². The minimum absolute atomic E-state index is 0.186. The van der Waals surface area contributed by atoms with E-state index in [1.165, 1.54) is 0 Å². The fraction of sp³-hybridized carbons (Fsp3) is 1.00. The Kier molecular flexibility index (Phi) is 5.78. The van der Waals surface area contributed by atoms with E-state index in [1.807, 2.05) is 0 Å². The molecule has 0 aromatic heterocycles. The monoisotopic (exact) mass is 217 g/mol. The molecular formula is C12H27NO2. The molecule has 0 aliphatic heterocycles. The molecule has 0 rings (SSSR count). The molecule has 3 nitrogen and oxygen atoms in total. The Hall–Kier alpha value is -0.120. The normalized spacial score (nSPS) is 15.4. The molecule has 15 heavy (non-hydrogen) atoms. The molecule has 0 aromatic rings. The second-order valence-corrected chi connectivity index (χ2v) is 5.75. The van der Waals surface area contributed by atoms with Gasteiger partial charge in [-0.3, -0.25) is 0 Å². The largest absolute Gasteiger partial charge is 0.388 e. The van der Waals surface area contributed by atoms with Gasteiger partial charge in [0.15, 0.2) is 0 Å². The number of hydrogen-bond acceptors (Lipinski definition) is 3. The van der Waals surface area contributed by atoms with Crippen molar-refractivity contribution in [3.8, 4) is 0 Å². The van der Waals surface area contributed by atoms with Gasteiger partial charge in [0.1, 0.15) is 0 Å². The summed E-state index contributed by atoms with van der Waals surface area (Å²) in [6.07, 6.45) is 2.00. The minimum atomic E-state index is -0.756. The van der Waals surface area contributed by atoms with Crippen LogP contribution in [0.5, 0.6) is 0 Å². The molecule has 0 radical (unpaired) electrons. The molecule has 0 saturated carbocycles. The van der Waals surface area contributed by atoms with Crippen molar-refractivity contribution in [2.45, 2.75) is 58.7 Å². The molecule has 0 saturated heterocycles. The lowest BCUT2D eigenvalue weighted by Crippen LogP contribution is -2.35. The molecule has 1 atom stereocenters. The summed E-state index contributed by atoms with van der Waals surface area (Å²) in [5.74, 6) is 0.562. The third-order valence-electron chi connectivity index (χ3n) is 2.32. The van der Waals surface area contributed by atoms with Gasteiger partial charge in [-0.1, -0.05) is 6.92 Å². The van der Waals surface area contributed by atoms with Crippen molar-refractivity contribution in [1.29, 1.82) is 0 Å². The highest BCUT2D eigenvalue weighted by Gasteiger charge is 2.24.